The van der Waals surface area contributed by atoms with Crippen molar-refractivity contribution in [1.29, 1.82) is 0 Å². The third kappa shape index (κ3) is 3.42. The molecule has 0 aliphatic heterocycles. The van der Waals surface area contributed by atoms with E-state index in [9.17, 15) is 9.18 Å². The highest BCUT2D eigenvalue weighted by Crippen LogP contribution is 2.25. The molecule has 1 amide bonds. The number of methoxy groups -OCH3 is 1. The van der Waals surface area contributed by atoms with Gasteiger partial charge in [-0.1, -0.05) is 0 Å². The van der Waals surface area contributed by atoms with Crippen molar-refractivity contribution >= 4 is 5.91 Å². The number of ether oxygens (including phenoxy) is 1. The summed E-state index contributed by atoms with van der Waals surface area (Å²) in [6, 6.07) is 3.21. The van der Waals surface area contributed by atoms with Crippen LogP contribution in [-0.4, -0.2) is 19.1 Å². The molecule has 0 heterocycles. The third-order valence-corrected chi connectivity index (χ3v) is 2.43. The molecule has 1 rings (SSSR count). The van der Waals surface area contributed by atoms with Crippen molar-refractivity contribution in [2.45, 2.75) is 25.9 Å². The zero-order valence-corrected chi connectivity index (χ0v) is 10.2. The van der Waals surface area contributed by atoms with E-state index in [1.807, 2.05) is 0 Å². The highest BCUT2D eigenvalue weighted by Gasteiger charge is 2.16. The van der Waals surface area contributed by atoms with Crippen molar-refractivity contribution in [3.63, 3.8) is 0 Å². The average Bonchev–Trinajstić information content (AvgIpc) is 2.28. The van der Waals surface area contributed by atoms with Crippen LogP contribution in [0, 0.1) is 5.82 Å². The number of amides is 1. The summed E-state index contributed by atoms with van der Waals surface area (Å²) < 4.78 is 18.3. The molecule has 94 valence electrons. The first-order chi connectivity index (χ1) is 7.95. The Morgan fingerprint density at radius 3 is 2.65 bits per heavy atom. The molecule has 5 heteroatoms. The van der Waals surface area contributed by atoms with E-state index in [1.165, 1.54) is 25.3 Å². The third-order valence-electron chi connectivity index (χ3n) is 2.43. The molecule has 0 aromatic heterocycles. The number of carbonyl (C=O) groups is 1. The second-order valence-corrected chi connectivity index (χ2v) is 3.91. The van der Waals surface area contributed by atoms with Gasteiger partial charge in [0.05, 0.1) is 19.2 Å². The van der Waals surface area contributed by atoms with Crippen LogP contribution in [0.1, 0.15) is 25.5 Å². The molecule has 4 nitrogen and oxygen atoms in total. The Morgan fingerprint density at radius 2 is 2.12 bits per heavy atom. The van der Waals surface area contributed by atoms with Crippen LogP contribution in [0.3, 0.4) is 0 Å². The lowest BCUT2D eigenvalue weighted by Gasteiger charge is -2.18. The van der Waals surface area contributed by atoms with Gasteiger partial charge >= 0.3 is 0 Å². The van der Waals surface area contributed by atoms with Crippen LogP contribution in [0.4, 0.5) is 4.39 Å². The van der Waals surface area contributed by atoms with Gasteiger partial charge in [-0.15, -0.1) is 0 Å². The fraction of sp³-hybridized carbons (Fsp3) is 0.417. The predicted molar refractivity (Wildman–Crippen MR) is 63.2 cm³/mol. The van der Waals surface area contributed by atoms with Gasteiger partial charge in [0.2, 0.25) is 5.91 Å². The summed E-state index contributed by atoms with van der Waals surface area (Å²) in [6.07, 6.45) is 0. The zero-order chi connectivity index (χ0) is 13.0. The molecule has 0 saturated heterocycles. The van der Waals surface area contributed by atoms with Crippen molar-refractivity contribution in [3.8, 4) is 5.75 Å². The Hall–Kier alpha value is -1.62. The normalized spacial score (nSPS) is 13.9. The zero-order valence-electron chi connectivity index (χ0n) is 10.2. The largest absolute Gasteiger partial charge is 0.496 e. The SMILES string of the molecule is COc1ccc(F)cc1C(C)NC(=O)C(C)N. The molecule has 2 atom stereocenters. The molecule has 17 heavy (non-hydrogen) atoms. The lowest BCUT2D eigenvalue weighted by Crippen LogP contribution is -2.39. The second-order valence-electron chi connectivity index (χ2n) is 3.91. The Morgan fingerprint density at radius 1 is 1.47 bits per heavy atom. The summed E-state index contributed by atoms with van der Waals surface area (Å²) in [7, 11) is 1.50. The van der Waals surface area contributed by atoms with Gasteiger partial charge in [-0.05, 0) is 32.0 Å². The van der Waals surface area contributed by atoms with Gasteiger partial charge in [0.15, 0.2) is 0 Å². The van der Waals surface area contributed by atoms with E-state index in [-0.39, 0.29) is 17.8 Å². The maximum atomic E-state index is 13.1. The van der Waals surface area contributed by atoms with E-state index in [4.69, 9.17) is 10.5 Å². The molecule has 2 unspecified atom stereocenters. The lowest BCUT2D eigenvalue weighted by atomic mass is 10.1. The van der Waals surface area contributed by atoms with Crippen LogP contribution < -0.4 is 15.8 Å². The number of hydrogen-bond donors (Lipinski definition) is 2. The van der Waals surface area contributed by atoms with E-state index in [0.717, 1.165) is 0 Å². The van der Waals surface area contributed by atoms with Gasteiger partial charge in [-0.3, -0.25) is 4.79 Å². The molecule has 0 saturated carbocycles. The van der Waals surface area contributed by atoms with E-state index in [1.54, 1.807) is 13.8 Å². The summed E-state index contributed by atoms with van der Waals surface area (Å²) in [6.45, 7) is 3.34. The number of hydrogen-bond acceptors (Lipinski definition) is 3. The van der Waals surface area contributed by atoms with Crippen molar-refractivity contribution in [2.24, 2.45) is 5.73 Å². The van der Waals surface area contributed by atoms with Gasteiger partial charge in [0.25, 0.3) is 0 Å². The summed E-state index contributed by atoms with van der Waals surface area (Å²) in [5, 5.41) is 2.69. The summed E-state index contributed by atoms with van der Waals surface area (Å²) in [4.78, 5) is 11.4. The molecular weight excluding hydrogens is 223 g/mol. The maximum absolute atomic E-state index is 13.1. The number of nitrogens with two attached hydrogens (primary N) is 1. The highest BCUT2D eigenvalue weighted by atomic mass is 19.1. The lowest BCUT2D eigenvalue weighted by molar-refractivity contribution is -0.122. The first-order valence-corrected chi connectivity index (χ1v) is 5.35. The first-order valence-electron chi connectivity index (χ1n) is 5.35. The Balaban J connectivity index is 2.91. The number of halogens is 1. The minimum atomic E-state index is -0.600. The molecule has 0 fully saturated rings. The Kier molecular flexibility index (Phi) is 4.45. The maximum Gasteiger partial charge on any atom is 0.237 e. The Bertz CT molecular complexity index is 407. The monoisotopic (exact) mass is 240 g/mol. The molecule has 0 bridgehead atoms. The quantitative estimate of drug-likeness (QED) is 0.835. The van der Waals surface area contributed by atoms with Crippen LogP contribution in [0.5, 0.6) is 5.75 Å². The van der Waals surface area contributed by atoms with Gasteiger partial charge < -0.3 is 15.8 Å². The van der Waals surface area contributed by atoms with E-state index < -0.39 is 6.04 Å². The van der Waals surface area contributed by atoms with E-state index in [2.05, 4.69) is 5.32 Å². The summed E-state index contributed by atoms with van der Waals surface area (Å²) in [5.41, 5.74) is 6.03. The number of carbonyl (C=O) groups excluding carboxylic acids is 1. The predicted octanol–water partition coefficient (Wildman–Crippen LogP) is 1.36. The second kappa shape index (κ2) is 5.63. The van der Waals surface area contributed by atoms with Crippen LogP contribution in [0.2, 0.25) is 0 Å². The molecule has 0 spiro atoms. The molecule has 3 N–H and O–H groups in total. The van der Waals surface area contributed by atoms with E-state index >= 15 is 0 Å². The first kappa shape index (κ1) is 13.4. The smallest absolute Gasteiger partial charge is 0.237 e. The van der Waals surface area contributed by atoms with Crippen molar-refractivity contribution in [1.82, 2.24) is 5.32 Å². The fourth-order valence-corrected chi connectivity index (χ4v) is 1.47. The molecule has 1 aromatic rings. The fourth-order valence-electron chi connectivity index (χ4n) is 1.47. The topological polar surface area (TPSA) is 64.3 Å². The van der Waals surface area contributed by atoms with Crippen LogP contribution in [0.15, 0.2) is 18.2 Å². The molecule has 0 aliphatic rings. The molecule has 0 radical (unpaired) electrons. The van der Waals surface area contributed by atoms with E-state index in [0.29, 0.717) is 11.3 Å². The number of nitrogens with one attached hydrogen (secondary N) is 1. The standard InChI is InChI=1S/C12H17FN2O2/c1-7(14)12(16)15-8(2)10-6-9(13)4-5-11(10)17-3/h4-8H,14H2,1-3H3,(H,15,16). The van der Waals surface area contributed by atoms with Gasteiger partial charge in [-0.25, -0.2) is 4.39 Å². The summed E-state index contributed by atoms with van der Waals surface area (Å²) >= 11 is 0. The average molecular weight is 240 g/mol. The van der Waals surface area contributed by atoms with Crippen LogP contribution in [0.25, 0.3) is 0 Å². The minimum absolute atomic E-state index is 0.288. The van der Waals surface area contributed by atoms with Crippen molar-refractivity contribution < 1.29 is 13.9 Å². The minimum Gasteiger partial charge on any atom is -0.496 e. The summed E-state index contributed by atoms with van der Waals surface area (Å²) in [5.74, 6) is -0.129. The highest BCUT2D eigenvalue weighted by molar-refractivity contribution is 5.81. The number of rotatable bonds is 4. The van der Waals surface area contributed by atoms with Gasteiger partial charge in [-0.2, -0.15) is 0 Å². The molecule has 0 aliphatic carbocycles. The van der Waals surface area contributed by atoms with Crippen molar-refractivity contribution in [2.75, 3.05) is 7.11 Å². The Labute approximate surface area is 100.0 Å². The van der Waals surface area contributed by atoms with Gasteiger partial charge in [0, 0.05) is 5.56 Å². The number of benzene rings is 1. The van der Waals surface area contributed by atoms with Crippen LogP contribution in [-0.2, 0) is 4.79 Å². The molecular formula is C12H17FN2O2. The molecule has 1 aromatic carbocycles. The van der Waals surface area contributed by atoms with Crippen molar-refractivity contribution in [3.05, 3.63) is 29.6 Å². The van der Waals surface area contributed by atoms with Crippen LogP contribution >= 0.6 is 0 Å². The van der Waals surface area contributed by atoms with Gasteiger partial charge in [0.1, 0.15) is 11.6 Å².